The number of hydrogen-bond acceptors (Lipinski definition) is 4. The van der Waals surface area contributed by atoms with E-state index in [0.29, 0.717) is 12.3 Å². The number of rotatable bonds is 9. The third-order valence-corrected chi connectivity index (χ3v) is 3.30. The van der Waals surface area contributed by atoms with Gasteiger partial charge in [0.15, 0.2) is 11.6 Å². The van der Waals surface area contributed by atoms with Gasteiger partial charge in [-0.05, 0) is 40.4 Å². The van der Waals surface area contributed by atoms with Crippen molar-refractivity contribution < 1.29 is 9.13 Å². The average Bonchev–Trinajstić information content (AvgIpc) is 2.43. The first-order valence-corrected chi connectivity index (χ1v) is 7.61. The Hall–Kier alpha value is -1.49. The minimum Gasteiger partial charge on any atom is -0.490 e. The second kappa shape index (κ2) is 8.72. The zero-order valence-corrected chi connectivity index (χ0v) is 13.7. The van der Waals surface area contributed by atoms with Crippen molar-refractivity contribution in [2.75, 3.05) is 51.0 Å². The third kappa shape index (κ3) is 5.42. The first kappa shape index (κ1) is 17.6. The molecule has 4 nitrogen and oxygen atoms in total. The second-order valence-electron chi connectivity index (χ2n) is 5.43. The molecule has 0 radical (unpaired) electrons. The molecule has 0 aliphatic rings. The van der Waals surface area contributed by atoms with Crippen LogP contribution >= 0.6 is 0 Å². The summed E-state index contributed by atoms with van der Waals surface area (Å²) in [5.74, 6) is -0.110. The number of anilines is 2. The number of halogens is 1. The highest BCUT2D eigenvalue weighted by Crippen LogP contribution is 2.31. The second-order valence-corrected chi connectivity index (χ2v) is 5.43. The van der Waals surface area contributed by atoms with E-state index >= 15 is 0 Å². The average molecular weight is 297 g/mol. The Morgan fingerprint density at radius 1 is 1.19 bits per heavy atom. The summed E-state index contributed by atoms with van der Waals surface area (Å²) in [4.78, 5) is 4.31. The van der Waals surface area contributed by atoms with Crippen molar-refractivity contribution in [2.45, 2.75) is 26.7 Å². The standard InChI is InChI=1S/C16H28FN3O/c1-5-10-21-16-12-15(14(18)11-13(16)17)20(6-2)9-7-8-19(3)4/h11-12H,5-10,18H2,1-4H3. The van der Waals surface area contributed by atoms with E-state index in [1.165, 1.54) is 6.07 Å². The number of nitrogens with zero attached hydrogens (tertiary/aromatic N) is 2. The summed E-state index contributed by atoms with van der Waals surface area (Å²) in [5, 5.41) is 0. The molecule has 0 saturated heterocycles. The lowest BCUT2D eigenvalue weighted by Gasteiger charge is -2.26. The lowest BCUT2D eigenvalue weighted by molar-refractivity contribution is 0.301. The monoisotopic (exact) mass is 297 g/mol. The van der Waals surface area contributed by atoms with Crippen molar-refractivity contribution in [1.82, 2.24) is 4.90 Å². The molecule has 5 heteroatoms. The Morgan fingerprint density at radius 2 is 1.90 bits per heavy atom. The van der Waals surface area contributed by atoms with E-state index in [2.05, 4.69) is 30.8 Å². The summed E-state index contributed by atoms with van der Waals surface area (Å²) < 4.78 is 19.3. The highest BCUT2D eigenvalue weighted by molar-refractivity contribution is 5.70. The smallest absolute Gasteiger partial charge is 0.167 e. The molecule has 1 aromatic rings. The first-order chi connectivity index (χ1) is 9.99. The fourth-order valence-electron chi connectivity index (χ4n) is 2.18. The van der Waals surface area contributed by atoms with Gasteiger partial charge in [0.1, 0.15) is 0 Å². The summed E-state index contributed by atoms with van der Waals surface area (Å²) in [7, 11) is 4.11. The Labute approximate surface area is 127 Å². The van der Waals surface area contributed by atoms with E-state index in [4.69, 9.17) is 10.5 Å². The molecule has 2 N–H and O–H groups in total. The van der Waals surface area contributed by atoms with Crippen LogP contribution in [-0.2, 0) is 0 Å². The number of hydrogen-bond donors (Lipinski definition) is 1. The van der Waals surface area contributed by atoms with Crippen molar-refractivity contribution >= 4 is 11.4 Å². The van der Waals surface area contributed by atoms with E-state index in [1.54, 1.807) is 6.07 Å². The number of nitrogens with two attached hydrogens (primary N) is 1. The number of benzene rings is 1. The lowest BCUT2D eigenvalue weighted by Crippen LogP contribution is -2.27. The summed E-state index contributed by atoms with van der Waals surface area (Å²) in [6, 6.07) is 3.08. The topological polar surface area (TPSA) is 41.7 Å². The minimum absolute atomic E-state index is 0.284. The summed E-state index contributed by atoms with van der Waals surface area (Å²) in [6.45, 7) is 7.30. The van der Waals surface area contributed by atoms with Gasteiger partial charge in [-0.25, -0.2) is 4.39 Å². The molecular formula is C16H28FN3O. The quantitative estimate of drug-likeness (QED) is 0.712. The van der Waals surface area contributed by atoms with Crippen LogP contribution in [0.15, 0.2) is 12.1 Å². The van der Waals surface area contributed by atoms with Crippen LogP contribution in [0.3, 0.4) is 0 Å². The Balaban J connectivity index is 2.86. The Kier molecular flexibility index (Phi) is 7.29. The molecule has 0 heterocycles. The minimum atomic E-state index is -0.394. The Morgan fingerprint density at radius 3 is 2.48 bits per heavy atom. The number of nitrogen functional groups attached to an aromatic ring is 1. The zero-order valence-electron chi connectivity index (χ0n) is 13.7. The van der Waals surface area contributed by atoms with Gasteiger partial charge in [0.2, 0.25) is 0 Å². The van der Waals surface area contributed by atoms with Crippen LogP contribution in [0.5, 0.6) is 5.75 Å². The molecule has 0 atom stereocenters. The van der Waals surface area contributed by atoms with Gasteiger partial charge in [0, 0.05) is 25.2 Å². The summed E-state index contributed by atoms with van der Waals surface area (Å²) in [5.41, 5.74) is 7.29. The molecular weight excluding hydrogens is 269 g/mol. The van der Waals surface area contributed by atoms with Crippen LogP contribution in [0.4, 0.5) is 15.8 Å². The highest BCUT2D eigenvalue weighted by atomic mass is 19.1. The van der Waals surface area contributed by atoms with Gasteiger partial charge in [-0.2, -0.15) is 0 Å². The van der Waals surface area contributed by atoms with Crippen molar-refractivity contribution in [3.05, 3.63) is 17.9 Å². The van der Waals surface area contributed by atoms with Gasteiger partial charge in [-0.1, -0.05) is 6.92 Å². The normalized spacial score (nSPS) is 11.0. The highest BCUT2D eigenvalue weighted by Gasteiger charge is 2.14. The predicted molar refractivity (Wildman–Crippen MR) is 87.7 cm³/mol. The van der Waals surface area contributed by atoms with Gasteiger partial charge in [0.25, 0.3) is 0 Å². The molecule has 0 spiro atoms. The third-order valence-electron chi connectivity index (χ3n) is 3.30. The predicted octanol–water partition coefficient (Wildman–Crippen LogP) is 2.97. The number of ether oxygens (including phenoxy) is 1. The van der Waals surface area contributed by atoms with Crippen molar-refractivity contribution in [2.24, 2.45) is 0 Å². The SMILES string of the molecule is CCCOc1cc(N(CC)CCCN(C)C)c(N)cc1F. The van der Waals surface area contributed by atoms with E-state index in [9.17, 15) is 4.39 Å². The fraction of sp³-hybridized carbons (Fsp3) is 0.625. The fourth-order valence-corrected chi connectivity index (χ4v) is 2.18. The van der Waals surface area contributed by atoms with Crippen LogP contribution in [0, 0.1) is 5.82 Å². The maximum atomic E-state index is 13.8. The molecule has 21 heavy (non-hydrogen) atoms. The Bertz CT molecular complexity index is 438. The van der Waals surface area contributed by atoms with Gasteiger partial charge >= 0.3 is 0 Å². The van der Waals surface area contributed by atoms with Crippen molar-refractivity contribution in [3.8, 4) is 5.75 Å². The van der Waals surface area contributed by atoms with Gasteiger partial charge in [-0.3, -0.25) is 0 Å². The summed E-state index contributed by atoms with van der Waals surface area (Å²) in [6.07, 6.45) is 1.88. The molecule has 0 amide bonds. The van der Waals surface area contributed by atoms with E-state index in [1.807, 2.05) is 6.92 Å². The maximum Gasteiger partial charge on any atom is 0.167 e. The van der Waals surface area contributed by atoms with Crippen LogP contribution in [-0.4, -0.2) is 45.2 Å². The van der Waals surface area contributed by atoms with Crippen LogP contribution in [0.1, 0.15) is 26.7 Å². The molecule has 1 rings (SSSR count). The van der Waals surface area contributed by atoms with E-state index < -0.39 is 5.82 Å². The van der Waals surface area contributed by atoms with Gasteiger partial charge in [-0.15, -0.1) is 0 Å². The summed E-state index contributed by atoms with van der Waals surface area (Å²) >= 11 is 0. The molecule has 0 unspecified atom stereocenters. The van der Waals surface area contributed by atoms with Gasteiger partial charge in [0.05, 0.1) is 18.0 Å². The first-order valence-electron chi connectivity index (χ1n) is 7.61. The molecule has 1 aromatic carbocycles. The lowest BCUT2D eigenvalue weighted by atomic mass is 10.2. The molecule has 120 valence electrons. The largest absolute Gasteiger partial charge is 0.490 e. The molecule has 0 bridgehead atoms. The maximum absolute atomic E-state index is 13.8. The molecule has 0 aliphatic carbocycles. The van der Waals surface area contributed by atoms with Crippen molar-refractivity contribution in [1.29, 1.82) is 0 Å². The van der Waals surface area contributed by atoms with Crippen LogP contribution in [0.25, 0.3) is 0 Å². The zero-order chi connectivity index (χ0) is 15.8. The van der Waals surface area contributed by atoms with E-state index in [0.717, 1.165) is 38.2 Å². The van der Waals surface area contributed by atoms with Crippen LogP contribution < -0.4 is 15.4 Å². The van der Waals surface area contributed by atoms with Crippen LogP contribution in [0.2, 0.25) is 0 Å². The van der Waals surface area contributed by atoms with E-state index in [-0.39, 0.29) is 5.75 Å². The molecule has 0 aliphatic heterocycles. The molecule has 0 saturated carbocycles. The molecule has 0 aromatic heterocycles. The molecule has 0 fully saturated rings. The van der Waals surface area contributed by atoms with Crippen molar-refractivity contribution in [3.63, 3.8) is 0 Å². The van der Waals surface area contributed by atoms with Gasteiger partial charge < -0.3 is 20.3 Å².